The molecule has 0 bridgehead atoms. The Balaban J connectivity index is 1.60. The highest BCUT2D eigenvalue weighted by molar-refractivity contribution is 6.38. The molecule has 5 amide bonds. The molecule has 5 atom stereocenters. The molecule has 13 nitrogen and oxygen atoms in total. The fourth-order valence-electron chi connectivity index (χ4n) is 5.84. The molecular formula is C36H49N7O6. The van der Waals surface area contributed by atoms with Crippen molar-refractivity contribution in [2.45, 2.75) is 117 Å². The fraction of sp³-hybridized carbons (Fsp3) is 0.556. The monoisotopic (exact) mass is 675 g/mol. The lowest BCUT2D eigenvalue weighted by atomic mass is 9.83. The smallest absolute Gasteiger partial charge is 0.289 e. The van der Waals surface area contributed by atoms with Crippen LogP contribution in [0.1, 0.15) is 95.3 Å². The number of hydrogen-bond acceptors (Lipinski definition) is 8. The second-order valence-electron chi connectivity index (χ2n) is 14.2. The molecule has 1 aromatic heterocycles. The fourth-order valence-corrected chi connectivity index (χ4v) is 5.84. The quantitative estimate of drug-likeness (QED) is 0.220. The minimum atomic E-state index is -1.09. The van der Waals surface area contributed by atoms with Crippen molar-refractivity contribution < 1.29 is 28.8 Å². The van der Waals surface area contributed by atoms with Crippen LogP contribution in [0.15, 0.2) is 42.9 Å². The molecule has 1 saturated carbocycles. The van der Waals surface area contributed by atoms with Crippen LogP contribution in [-0.2, 0) is 36.9 Å². The Labute approximate surface area is 287 Å². The summed E-state index contributed by atoms with van der Waals surface area (Å²) in [5.41, 5.74) is 0.994. The second kappa shape index (κ2) is 16.1. The van der Waals surface area contributed by atoms with Crippen molar-refractivity contribution in [1.82, 2.24) is 36.1 Å². The molecule has 1 aliphatic heterocycles. The van der Waals surface area contributed by atoms with E-state index in [1.165, 1.54) is 23.5 Å². The number of amides is 5. The van der Waals surface area contributed by atoms with E-state index in [2.05, 4.69) is 31.2 Å². The van der Waals surface area contributed by atoms with Crippen LogP contribution in [0.2, 0.25) is 0 Å². The Morgan fingerprint density at radius 3 is 2.24 bits per heavy atom. The van der Waals surface area contributed by atoms with Crippen molar-refractivity contribution in [3.8, 4) is 0 Å². The van der Waals surface area contributed by atoms with E-state index >= 15 is 0 Å². The first-order valence-corrected chi connectivity index (χ1v) is 17.1. The molecule has 1 unspecified atom stereocenters. The van der Waals surface area contributed by atoms with Gasteiger partial charge in [0.15, 0.2) is 0 Å². The van der Waals surface area contributed by atoms with Crippen LogP contribution < -0.4 is 21.3 Å². The van der Waals surface area contributed by atoms with Gasteiger partial charge in [0, 0.05) is 31.4 Å². The van der Waals surface area contributed by atoms with Gasteiger partial charge in [-0.15, -0.1) is 0 Å². The van der Waals surface area contributed by atoms with E-state index in [4.69, 9.17) is 0 Å². The van der Waals surface area contributed by atoms with Crippen LogP contribution in [0.4, 0.5) is 0 Å². The van der Waals surface area contributed by atoms with Gasteiger partial charge in [-0.25, -0.2) is 4.98 Å². The van der Waals surface area contributed by atoms with Gasteiger partial charge in [-0.05, 0) is 41.7 Å². The number of ketones is 1. The van der Waals surface area contributed by atoms with E-state index in [1.807, 2.05) is 65.8 Å². The molecule has 0 saturated heterocycles. The molecule has 13 heteroatoms. The maximum atomic E-state index is 14.6. The minimum absolute atomic E-state index is 0.0119. The number of hydrogen-bond donors (Lipinski definition) is 4. The zero-order chi connectivity index (χ0) is 35.9. The van der Waals surface area contributed by atoms with Gasteiger partial charge in [-0.3, -0.25) is 33.8 Å². The summed E-state index contributed by atoms with van der Waals surface area (Å²) in [6.45, 7) is 11.1. The third-order valence-electron chi connectivity index (χ3n) is 9.16. The van der Waals surface area contributed by atoms with Crippen LogP contribution in [0.25, 0.3) is 0 Å². The lowest BCUT2D eigenvalue weighted by molar-refractivity contribution is -0.148. The number of nitrogens with zero attached hydrogens (tertiary/aromatic N) is 3. The molecule has 4 rings (SSSR count). The number of fused-ring (bicyclic) bond motifs is 1. The zero-order valence-corrected chi connectivity index (χ0v) is 29.2. The average molecular weight is 676 g/mol. The number of aromatic nitrogens is 2. The summed E-state index contributed by atoms with van der Waals surface area (Å²) in [6, 6.07) is 3.37. The summed E-state index contributed by atoms with van der Waals surface area (Å²) < 4.78 is 0. The Kier molecular flexibility index (Phi) is 12.2. The second-order valence-corrected chi connectivity index (χ2v) is 14.2. The number of carbonyl (C=O) groups excluding carboxylic acids is 6. The van der Waals surface area contributed by atoms with Gasteiger partial charge in [-0.1, -0.05) is 78.6 Å². The van der Waals surface area contributed by atoms with E-state index in [1.54, 1.807) is 0 Å². The number of benzene rings is 1. The molecule has 2 aliphatic rings. The van der Waals surface area contributed by atoms with Crippen LogP contribution >= 0.6 is 0 Å². The summed E-state index contributed by atoms with van der Waals surface area (Å²) in [5, 5.41) is 11.2. The van der Waals surface area contributed by atoms with Crippen LogP contribution in [-0.4, -0.2) is 80.4 Å². The topological polar surface area (TPSA) is 180 Å². The molecule has 2 heterocycles. The Morgan fingerprint density at radius 1 is 0.959 bits per heavy atom. The van der Waals surface area contributed by atoms with E-state index in [-0.39, 0.29) is 37.0 Å². The molecular weight excluding hydrogens is 626 g/mol. The van der Waals surface area contributed by atoms with Gasteiger partial charge in [0.2, 0.25) is 23.5 Å². The molecule has 1 aromatic carbocycles. The molecule has 1 aliphatic carbocycles. The lowest BCUT2D eigenvalue weighted by Gasteiger charge is -2.41. The number of carbonyl (C=O) groups is 6. The van der Waals surface area contributed by atoms with Gasteiger partial charge >= 0.3 is 0 Å². The first-order valence-electron chi connectivity index (χ1n) is 17.1. The van der Waals surface area contributed by atoms with Crippen molar-refractivity contribution in [2.24, 2.45) is 11.3 Å². The van der Waals surface area contributed by atoms with Crippen LogP contribution in [0.5, 0.6) is 0 Å². The Morgan fingerprint density at radius 2 is 1.65 bits per heavy atom. The highest BCUT2D eigenvalue weighted by atomic mass is 16.2. The SMILES string of the molecule is CCC[C@H](NC(=O)[C@@H]1Cc2ccccc2CN1C(=O)[C@@H](NC(=O)[C@@H](NC(=O)c1cnccn1)C(C)CC)C(C)(C)C)C(=O)C(=O)NC1CC1. The molecule has 0 radical (unpaired) electrons. The van der Waals surface area contributed by atoms with Gasteiger partial charge in [0.05, 0.1) is 12.2 Å². The van der Waals surface area contributed by atoms with E-state index in [0.29, 0.717) is 12.8 Å². The predicted molar refractivity (Wildman–Crippen MR) is 182 cm³/mol. The summed E-state index contributed by atoms with van der Waals surface area (Å²) in [5.74, 6) is -3.88. The van der Waals surface area contributed by atoms with Crippen molar-refractivity contribution in [1.29, 1.82) is 0 Å². The third kappa shape index (κ3) is 9.48. The standard InChI is InChI=1S/C36H49N7O6/c1-7-11-25(29(44)34(48)39-24-14-15-24)40-32(46)27-18-22-12-9-10-13-23(22)20-43(27)35(49)30(36(4,5)6)42-33(47)28(21(3)8-2)41-31(45)26-19-37-16-17-38-26/h9-10,12-13,16-17,19,21,24-25,27-28,30H,7-8,11,14-15,18,20H2,1-6H3,(H,39,48)(H,40,46)(H,41,45)(H,42,47)/t21?,25-,27-,28-,30+/m0/s1. The van der Waals surface area contributed by atoms with Crippen molar-refractivity contribution >= 4 is 35.3 Å². The number of rotatable bonds is 14. The summed E-state index contributed by atoms with van der Waals surface area (Å²) >= 11 is 0. The van der Waals surface area contributed by atoms with Crippen molar-refractivity contribution in [2.75, 3.05) is 0 Å². The molecule has 4 N–H and O–H groups in total. The summed E-state index contributed by atoms with van der Waals surface area (Å²) in [6.07, 6.45) is 7.33. The molecule has 264 valence electrons. The Bertz CT molecular complexity index is 1540. The highest BCUT2D eigenvalue weighted by Crippen LogP contribution is 2.29. The largest absolute Gasteiger partial charge is 0.347 e. The highest BCUT2D eigenvalue weighted by Gasteiger charge is 2.44. The van der Waals surface area contributed by atoms with E-state index < -0.39 is 64.9 Å². The average Bonchev–Trinajstić information content (AvgIpc) is 3.91. The van der Waals surface area contributed by atoms with Crippen molar-refractivity contribution in [3.05, 3.63) is 59.7 Å². The molecule has 0 spiro atoms. The number of Topliss-reactive ketones (excluding diaryl/α,β-unsaturated/α-hetero) is 1. The van der Waals surface area contributed by atoms with Crippen LogP contribution in [0, 0.1) is 11.3 Å². The maximum Gasteiger partial charge on any atom is 0.289 e. The molecule has 1 fully saturated rings. The third-order valence-corrected chi connectivity index (χ3v) is 9.16. The summed E-state index contributed by atoms with van der Waals surface area (Å²) in [4.78, 5) is 90.7. The Hall–Kier alpha value is -4.68. The zero-order valence-electron chi connectivity index (χ0n) is 29.2. The van der Waals surface area contributed by atoms with Gasteiger partial charge < -0.3 is 26.2 Å². The maximum absolute atomic E-state index is 14.6. The summed E-state index contributed by atoms with van der Waals surface area (Å²) in [7, 11) is 0. The van der Waals surface area contributed by atoms with E-state index in [0.717, 1.165) is 24.0 Å². The number of nitrogens with one attached hydrogen (secondary N) is 4. The molecule has 49 heavy (non-hydrogen) atoms. The van der Waals surface area contributed by atoms with Gasteiger partial charge in [0.25, 0.3) is 11.8 Å². The normalized spacial score (nSPS) is 18.2. The van der Waals surface area contributed by atoms with E-state index in [9.17, 15) is 28.8 Å². The van der Waals surface area contributed by atoms with Crippen LogP contribution in [0.3, 0.4) is 0 Å². The molecule has 2 aromatic rings. The van der Waals surface area contributed by atoms with Crippen molar-refractivity contribution in [3.63, 3.8) is 0 Å². The minimum Gasteiger partial charge on any atom is -0.347 e. The predicted octanol–water partition coefficient (Wildman–Crippen LogP) is 2.24. The van der Waals surface area contributed by atoms with Gasteiger partial charge in [0.1, 0.15) is 23.8 Å². The lowest BCUT2D eigenvalue weighted by Crippen LogP contribution is -2.63. The first kappa shape index (κ1) is 37.1. The van der Waals surface area contributed by atoms with Gasteiger partial charge in [-0.2, -0.15) is 0 Å². The first-order chi connectivity index (χ1) is 23.2.